The third kappa shape index (κ3) is 13.1. The molecule has 0 spiro atoms. The fourth-order valence-corrected chi connectivity index (χ4v) is 14.3. The van der Waals surface area contributed by atoms with Gasteiger partial charge in [0.15, 0.2) is 16.6 Å². The van der Waals surface area contributed by atoms with Gasteiger partial charge in [0, 0.05) is 29.0 Å². The molecule has 10 heteroatoms. The summed E-state index contributed by atoms with van der Waals surface area (Å²) in [5.41, 5.74) is 2.05. The third-order valence-electron chi connectivity index (χ3n) is 11.9. The third-order valence-corrected chi connectivity index (χ3v) is 22.3. The van der Waals surface area contributed by atoms with Gasteiger partial charge in [-0.2, -0.15) is 0 Å². The Bertz CT molecular complexity index is 1330. The molecule has 296 valence electrons. The highest BCUT2D eigenvalue weighted by Crippen LogP contribution is 2.41. The normalized spacial score (nSPS) is 26.1. The largest absolute Gasteiger partial charge is 0.457 e. The van der Waals surface area contributed by atoms with E-state index in [0.717, 1.165) is 71.8 Å². The number of hydrogen-bond acceptors (Lipinski definition) is 7. The molecule has 1 aromatic rings. The lowest BCUT2D eigenvalue weighted by Crippen LogP contribution is -2.53. The molecule has 0 bridgehead atoms. The molecule has 0 saturated heterocycles. The lowest BCUT2D eigenvalue weighted by Gasteiger charge is -2.44. The first-order valence-electron chi connectivity index (χ1n) is 20.2. The highest BCUT2D eigenvalue weighted by atomic mass is 35.5. The van der Waals surface area contributed by atoms with Crippen LogP contribution < -0.4 is 0 Å². The van der Waals surface area contributed by atoms with Gasteiger partial charge < -0.3 is 13.6 Å². The van der Waals surface area contributed by atoms with Crippen LogP contribution in [0.1, 0.15) is 125 Å². The van der Waals surface area contributed by atoms with Gasteiger partial charge in [-0.15, -0.1) is 22.9 Å². The first-order valence-corrected chi connectivity index (χ1v) is 26.6. The number of ketones is 1. The van der Waals surface area contributed by atoms with Gasteiger partial charge >= 0.3 is 5.97 Å². The number of esters is 1. The smallest absolute Gasteiger partial charge is 0.309 e. The van der Waals surface area contributed by atoms with E-state index in [9.17, 15) is 4.79 Å². The second-order valence-electron chi connectivity index (χ2n) is 15.7. The summed E-state index contributed by atoms with van der Waals surface area (Å²) in [6.07, 6.45) is 11.1. The molecule has 0 saturated carbocycles. The minimum absolute atomic E-state index is 0.0166. The predicted octanol–water partition coefficient (Wildman–Crippen LogP) is 12.5. The molecule has 0 N–H and O–H groups in total. The number of alkyl halides is 1. The maximum atomic E-state index is 15.4. The molecule has 0 fully saturated rings. The molecule has 1 aromatic heterocycles. The zero-order valence-corrected chi connectivity index (χ0v) is 38.3. The van der Waals surface area contributed by atoms with Crippen LogP contribution in [0, 0.1) is 24.2 Å². The molecule has 0 radical (unpaired) electrons. The van der Waals surface area contributed by atoms with Crippen LogP contribution >= 0.6 is 22.9 Å². The van der Waals surface area contributed by atoms with Crippen molar-refractivity contribution in [3.63, 3.8) is 0 Å². The number of thiazole rings is 1. The van der Waals surface area contributed by atoms with E-state index in [-0.39, 0.29) is 36.1 Å². The molecule has 0 aliphatic carbocycles. The lowest BCUT2D eigenvalue weighted by molar-refractivity contribution is -0.153. The predicted molar refractivity (Wildman–Crippen MR) is 227 cm³/mol. The van der Waals surface area contributed by atoms with Crippen LogP contribution in [0.5, 0.6) is 0 Å². The number of hydrogen-bond donors (Lipinski definition) is 0. The summed E-state index contributed by atoms with van der Waals surface area (Å²) in [5.74, 6) is 0.00771. The summed E-state index contributed by atoms with van der Waals surface area (Å²) < 4.78 is 21.0. The van der Waals surface area contributed by atoms with Crippen LogP contribution in [0.4, 0.5) is 0 Å². The molecule has 3 unspecified atom stereocenters. The second kappa shape index (κ2) is 22.3. The maximum absolute atomic E-state index is 15.4. The average Bonchev–Trinajstić information content (AvgIpc) is 3.54. The van der Waals surface area contributed by atoms with Crippen molar-refractivity contribution < 1.29 is 23.2 Å². The van der Waals surface area contributed by atoms with Crippen LogP contribution in [0.2, 0.25) is 36.3 Å². The Balaban J connectivity index is 2.81. The molecule has 0 amide bonds. The highest BCUT2D eigenvalue weighted by molar-refractivity contribution is 7.09. The number of aromatic nitrogens is 1. The topological polar surface area (TPSA) is 74.7 Å². The molecule has 0 aromatic carbocycles. The monoisotopic (exact) mass is 793 g/mol. The number of aryl methyl sites for hydroxylation is 1. The fourth-order valence-electron chi connectivity index (χ4n) is 7.56. The van der Waals surface area contributed by atoms with Crippen molar-refractivity contribution in [1.29, 1.82) is 0 Å². The van der Waals surface area contributed by atoms with Gasteiger partial charge in [0.25, 0.3) is 0 Å². The summed E-state index contributed by atoms with van der Waals surface area (Å²) in [7, 11) is -4.36. The molecular formula is C42H72ClNO5SSi2. The number of rotatable bonds is 16. The van der Waals surface area contributed by atoms with E-state index >= 15 is 4.79 Å². The molecular weight excluding hydrogens is 722 g/mol. The van der Waals surface area contributed by atoms with Crippen molar-refractivity contribution in [3.8, 4) is 0 Å². The van der Waals surface area contributed by atoms with Gasteiger partial charge in [-0.25, -0.2) is 4.98 Å². The van der Waals surface area contributed by atoms with Gasteiger partial charge in [-0.3, -0.25) is 9.59 Å². The Morgan fingerprint density at radius 3 is 2.13 bits per heavy atom. The van der Waals surface area contributed by atoms with E-state index in [0.29, 0.717) is 18.7 Å². The van der Waals surface area contributed by atoms with Gasteiger partial charge in [-0.05, 0) is 93.9 Å². The SMILES string of the molecule is CC[Si](CC)(CC)OC1C(CCCCCl)C(=O)C(C)(C)C(O[Si](CC)(CC)CC)CC(=O)O[C@H](/C(C)=C/c2csc(C)n2)C/C=C(/C)C/C=C/[C@@H]1C. The van der Waals surface area contributed by atoms with Gasteiger partial charge in [0.1, 0.15) is 11.9 Å². The number of cyclic esters (lactones) is 1. The zero-order valence-electron chi connectivity index (χ0n) is 34.7. The zero-order chi connectivity index (χ0) is 39.1. The van der Waals surface area contributed by atoms with Crippen LogP contribution in [0.15, 0.2) is 34.8 Å². The molecule has 5 atom stereocenters. The highest BCUT2D eigenvalue weighted by Gasteiger charge is 2.49. The van der Waals surface area contributed by atoms with E-state index in [1.807, 2.05) is 39.2 Å². The molecule has 6 nitrogen and oxygen atoms in total. The van der Waals surface area contributed by atoms with Crippen molar-refractivity contribution in [2.24, 2.45) is 17.3 Å². The van der Waals surface area contributed by atoms with Crippen molar-refractivity contribution in [3.05, 3.63) is 45.5 Å². The first-order chi connectivity index (χ1) is 24.6. The van der Waals surface area contributed by atoms with Gasteiger partial charge in [-0.1, -0.05) is 92.5 Å². The fraction of sp³-hybridized carbons (Fsp3) is 0.738. The molecule has 1 aliphatic rings. The number of nitrogens with zero attached hydrogens (tertiary/aromatic N) is 1. The number of Topliss-reactive ketones (excluding diaryl/α,β-unsaturated/α-hetero) is 1. The summed E-state index contributed by atoms with van der Waals surface area (Å²) in [5, 5.41) is 3.02. The van der Waals surface area contributed by atoms with E-state index in [1.54, 1.807) is 11.3 Å². The Labute approximate surface area is 328 Å². The summed E-state index contributed by atoms with van der Waals surface area (Å²) in [6.45, 7) is 25.7. The van der Waals surface area contributed by atoms with E-state index < -0.39 is 34.3 Å². The maximum Gasteiger partial charge on any atom is 0.309 e. The van der Waals surface area contributed by atoms with Crippen molar-refractivity contribution in [1.82, 2.24) is 4.98 Å². The van der Waals surface area contributed by atoms with Crippen LogP contribution in [-0.4, -0.2) is 57.6 Å². The van der Waals surface area contributed by atoms with Crippen molar-refractivity contribution in [2.45, 2.75) is 176 Å². The second-order valence-corrected chi connectivity index (χ2v) is 26.6. The van der Waals surface area contributed by atoms with Crippen LogP contribution in [0.25, 0.3) is 6.08 Å². The Kier molecular flexibility index (Phi) is 20.0. The number of ether oxygens (including phenoxy) is 1. The van der Waals surface area contributed by atoms with E-state index in [1.165, 1.54) is 5.57 Å². The standard InChI is InChI=1S/C42H72ClNO5SSi2/c1-13-51(14-2,15-3)48-38-29-39(45)47-37(33(9)28-35-30-50-34(10)44-35)26-25-31(7)22-21-23-32(8)40(49-52(16-4,17-5)18-6)36(24-19-20-27-43)41(46)42(38,11)12/h21,23,25,28,30,32,36-38,40H,13-20,22,24,26-27,29H2,1-12H3/b23-21+,31-25-,33-28+/t32-,36?,37-,38?,40?/m0/s1. The minimum atomic E-state index is -2.25. The molecule has 2 rings (SSSR count). The molecule has 2 heterocycles. The summed E-state index contributed by atoms with van der Waals surface area (Å²) >= 11 is 7.82. The Hall–Kier alpha value is -1.37. The van der Waals surface area contributed by atoms with Crippen molar-refractivity contribution >= 4 is 57.4 Å². The molecule has 1 aliphatic heterocycles. The number of carbonyl (C=O) groups is 2. The average molecular weight is 795 g/mol. The van der Waals surface area contributed by atoms with Crippen molar-refractivity contribution in [2.75, 3.05) is 5.88 Å². The van der Waals surface area contributed by atoms with E-state index in [2.05, 4.69) is 78.6 Å². The first kappa shape index (κ1) is 46.8. The van der Waals surface area contributed by atoms with Crippen LogP contribution in [0.3, 0.4) is 0 Å². The van der Waals surface area contributed by atoms with Crippen LogP contribution in [-0.2, 0) is 23.2 Å². The number of allylic oxidation sites excluding steroid dienone is 2. The minimum Gasteiger partial charge on any atom is -0.457 e. The molecule has 52 heavy (non-hydrogen) atoms. The Morgan fingerprint density at radius 1 is 1.00 bits per heavy atom. The Morgan fingerprint density at radius 2 is 1.60 bits per heavy atom. The summed E-state index contributed by atoms with van der Waals surface area (Å²) in [6, 6.07) is 5.78. The quantitative estimate of drug-likeness (QED) is 0.0545. The summed E-state index contributed by atoms with van der Waals surface area (Å²) in [4.78, 5) is 34.2. The number of carbonyl (C=O) groups excluding carboxylic acids is 2. The van der Waals surface area contributed by atoms with Gasteiger partial charge in [0.05, 0.1) is 29.3 Å². The van der Waals surface area contributed by atoms with Gasteiger partial charge in [0.2, 0.25) is 0 Å². The number of halogens is 1. The number of unbranched alkanes of at least 4 members (excludes halogenated alkanes) is 1. The van der Waals surface area contributed by atoms with E-state index in [4.69, 9.17) is 25.2 Å². The lowest BCUT2D eigenvalue weighted by atomic mass is 9.71.